The molecule has 4 amide bonds. The van der Waals surface area contributed by atoms with Crippen LogP contribution in [-0.2, 0) is 14.3 Å². The molecule has 4 heterocycles. The third kappa shape index (κ3) is 2.05. The Morgan fingerprint density at radius 2 is 1.77 bits per heavy atom. The summed E-state index contributed by atoms with van der Waals surface area (Å²) < 4.78 is 5.27. The minimum Gasteiger partial charge on any atom is -0.380 e. The maximum absolute atomic E-state index is 12.8. The summed E-state index contributed by atoms with van der Waals surface area (Å²) >= 11 is 0. The Morgan fingerprint density at radius 1 is 1.04 bits per heavy atom. The Balaban J connectivity index is 1.40. The van der Waals surface area contributed by atoms with E-state index in [-0.39, 0.29) is 24.2 Å². The molecule has 3 fully saturated rings. The normalized spacial score (nSPS) is 26.5. The predicted octanol–water partition coefficient (Wildman–Crippen LogP) is -0.0756. The highest BCUT2D eigenvalue weighted by Gasteiger charge is 2.50. The SMILES string of the molecule is O=C1CCC(N2C(=O)c3ccc(N4CC5(COC5)C4)cc3C2=O)C(=O)N1. The van der Waals surface area contributed by atoms with E-state index in [1.807, 2.05) is 6.07 Å². The molecule has 26 heavy (non-hydrogen) atoms. The zero-order valence-corrected chi connectivity index (χ0v) is 14.0. The number of nitrogens with zero attached hydrogens (tertiary/aromatic N) is 2. The van der Waals surface area contributed by atoms with Gasteiger partial charge in [0.1, 0.15) is 6.04 Å². The number of hydrogen-bond acceptors (Lipinski definition) is 6. The van der Waals surface area contributed by atoms with Crippen molar-refractivity contribution in [1.82, 2.24) is 10.2 Å². The minimum absolute atomic E-state index is 0.118. The summed E-state index contributed by atoms with van der Waals surface area (Å²) in [5.41, 5.74) is 1.78. The van der Waals surface area contributed by atoms with E-state index in [1.165, 1.54) is 0 Å². The molecule has 134 valence electrons. The number of hydrogen-bond donors (Lipinski definition) is 1. The molecule has 0 aliphatic carbocycles. The van der Waals surface area contributed by atoms with Gasteiger partial charge in [0.2, 0.25) is 11.8 Å². The van der Waals surface area contributed by atoms with Crippen LogP contribution in [0.1, 0.15) is 33.6 Å². The van der Waals surface area contributed by atoms with E-state index in [0.29, 0.717) is 11.1 Å². The van der Waals surface area contributed by atoms with Crippen LogP contribution in [0, 0.1) is 5.41 Å². The molecule has 1 aromatic rings. The number of amides is 4. The van der Waals surface area contributed by atoms with Gasteiger partial charge in [-0.3, -0.25) is 29.4 Å². The molecule has 4 aliphatic heterocycles. The van der Waals surface area contributed by atoms with Crippen LogP contribution in [0.3, 0.4) is 0 Å². The van der Waals surface area contributed by atoms with Crippen molar-refractivity contribution in [3.05, 3.63) is 29.3 Å². The molecule has 1 unspecified atom stereocenters. The lowest BCUT2D eigenvalue weighted by Crippen LogP contribution is -2.66. The lowest BCUT2D eigenvalue weighted by atomic mass is 9.77. The van der Waals surface area contributed by atoms with Gasteiger partial charge in [-0.2, -0.15) is 0 Å². The zero-order chi connectivity index (χ0) is 18.1. The van der Waals surface area contributed by atoms with E-state index in [4.69, 9.17) is 4.74 Å². The van der Waals surface area contributed by atoms with Crippen molar-refractivity contribution in [2.24, 2.45) is 5.41 Å². The average Bonchev–Trinajstić information content (AvgIpc) is 2.77. The summed E-state index contributed by atoms with van der Waals surface area (Å²) in [6, 6.07) is 4.29. The van der Waals surface area contributed by atoms with E-state index in [1.54, 1.807) is 12.1 Å². The molecule has 4 aliphatic rings. The van der Waals surface area contributed by atoms with Crippen LogP contribution in [0.2, 0.25) is 0 Å². The number of anilines is 1. The standard InChI is InChI=1S/C18H17N3O5/c22-14-4-3-13(15(23)19-14)21-16(24)11-2-1-10(5-12(11)17(21)25)20-6-18(7-20)8-26-9-18/h1-2,5,13H,3-4,6-9H2,(H,19,22,23). The highest BCUT2D eigenvalue weighted by molar-refractivity contribution is 6.23. The van der Waals surface area contributed by atoms with E-state index in [0.717, 1.165) is 36.9 Å². The molecule has 0 radical (unpaired) electrons. The quantitative estimate of drug-likeness (QED) is 0.746. The summed E-state index contributed by atoms with van der Waals surface area (Å²) in [5, 5.41) is 2.20. The van der Waals surface area contributed by atoms with Crippen molar-refractivity contribution in [3.8, 4) is 0 Å². The van der Waals surface area contributed by atoms with E-state index in [2.05, 4.69) is 10.2 Å². The van der Waals surface area contributed by atoms with E-state index in [9.17, 15) is 19.2 Å². The number of fused-ring (bicyclic) bond motifs is 1. The number of imide groups is 2. The van der Waals surface area contributed by atoms with Gasteiger partial charge >= 0.3 is 0 Å². The molecule has 3 saturated heterocycles. The van der Waals surface area contributed by atoms with Gasteiger partial charge in [0.25, 0.3) is 11.8 Å². The van der Waals surface area contributed by atoms with E-state index >= 15 is 0 Å². The van der Waals surface area contributed by atoms with Gasteiger partial charge in [-0.25, -0.2) is 0 Å². The van der Waals surface area contributed by atoms with Gasteiger partial charge in [-0.1, -0.05) is 0 Å². The smallest absolute Gasteiger partial charge is 0.262 e. The van der Waals surface area contributed by atoms with Crippen molar-refractivity contribution in [2.45, 2.75) is 18.9 Å². The molecule has 1 aromatic carbocycles. The molecule has 1 N–H and O–H groups in total. The Morgan fingerprint density at radius 3 is 2.42 bits per heavy atom. The molecule has 8 nitrogen and oxygen atoms in total. The zero-order valence-electron chi connectivity index (χ0n) is 14.0. The fourth-order valence-electron chi connectivity index (χ4n) is 4.18. The number of carbonyl (C=O) groups is 4. The Bertz CT molecular complexity index is 868. The Kier molecular flexibility index (Phi) is 3.06. The largest absolute Gasteiger partial charge is 0.380 e. The molecule has 0 saturated carbocycles. The first kappa shape index (κ1) is 15.5. The van der Waals surface area contributed by atoms with Crippen LogP contribution in [0.5, 0.6) is 0 Å². The van der Waals surface area contributed by atoms with E-state index < -0.39 is 23.8 Å². The summed E-state index contributed by atoms with van der Waals surface area (Å²) in [6.07, 6.45) is 0.282. The number of nitrogens with one attached hydrogen (secondary N) is 1. The van der Waals surface area contributed by atoms with Crippen LogP contribution in [-0.4, -0.2) is 60.9 Å². The molecule has 5 rings (SSSR count). The van der Waals surface area contributed by atoms with Crippen molar-refractivity contribution in [2.75, 3.05) is 31.2 Å². The van der Waals surface area contributed by atoms with Crippen LogP contribution in [0.25, 0.3) is 0 Å². The number of carbonyl (C=O) groups excluding carboxylic acids is 4. The first-order valence-electron chi connectivity index (χ1n) is 8.66. The first-order valence-corrected chi connectivity index (χ1v) is 8.66. The fourth-order valence-corrected chi connectivity index (χ4v) is 4.18. The van der Waals surface area contributed by atoms with Gasteiger partial charge in [0.05, 0.1) is 29.8 Å². The highest BCUT2D eigenvalue weighted by atomic mass is 16.5. The van der Waals surface area contributed by atoms with Crippen molar-refractivity contribution in [1.29, 1.82) is 0 Å². The van der Waals surface area contributed by atoms with Gasteiger partial charge in [-0.05, 0) is 24.6 Å². The van der Waals surface area contributed by atoms with Crippen molar-refractivity contribution >= 4 is 29.3 Å². The second-order valence-electron chi connectivity index (χ2n) is 7.53. The maximum atomic E-state index is 12.8. The molecule has 0 bridgehead atoms. The number of benzene rings is 1. The minimum atomic E-state index is -0.928. The van der Waals surface area contributed by atoms with Crippen LogP contribution < -0.4 is 10.2 Å². The van der Waals surface area contributed by atoms with Crippen LogP contribution >= 0.6 is 0 Å². The predicted molar refractivity (Wildman–Crippen MR) is 88.6 cm³/mol. The summed E-state index contributed by atoms with van der Waals surface area (Å²) in [7, 11) is 0. The van der Waals surface area contributed by atoms with Gasteiger partial charge in [-0.15, -0.1) is 0 Å². The molecular weight excluding hydrogens is 338 g/mol. The molecule has 8 heteroatoms. The Hall–Kier alpha value is -2.74. The lowest BCUT2D eigenvalue weighted by Gasteiger charge is -2.56. The number of ether oxygens (including phenoxy) is 1. The number of piperidine rings is 1. The highest BCUT2D eigenvalue weighted by Crippen LogP contribution is 2.41. The monoisotopic (exact) mass is 355 g/mol. The third-order valence-electron chi connectivity index (χ3n) is 5.66. The second kappa shape index (κ2) is 5.14. The summed E-state index contributed by atoms with van der Waals surface area (Å²) in [6.45, 7) is 3.31. The number of rotatable bonds is 2. The van der Waals surface area contributed by atoms with Gasteiger partial charge in [0.15, 0.2) is 0 Å². The average molecular weight is 355 g/mol. The topological polar surface area (TPSA) is 96.0 Å². The van der Waals surface area contributed by atoms with Crippen molar-refractivity contribution < 1.29 is 23.9 Å². The van der Waals surface area contributed by atoms with Gasteiger partial charge < -0.3 is 9.64 Å². The fraction of sp³-hybridized carbons (Fsp3) is 0.444. The van der Waals surface area contributed by atoms with Gasteiger partial charge in [0, 0.05) is 25.2 Å². The molecule has 1 spiro atoms. The third-order valence-corrected chi connectivity index (χ3v) is 5.66. The summed E-state index contributed by atoms with van der Waals surface area (Å²) in [4.78, 5) is 52.0. The summed E-state index contributed by atoms with van der Waals surface area (Å²) in [5.74, 6) is -1.91. The molecule has 1 atom stereocenters. The van der Waals surface area contributed by atoms with Crippen LogP contribution in [0.4, 0.5) is 5.69 Å². The molecular formula is C18H17N3O5. The van der Waals surface area contributed by atoms with Crippen LogP contribution in [0.15, 0.2) is 18.2 Å². The Labute approximate surface area is 149 Å². The lowest BCUT2D eigenvalue weighted by molar-refractivity contribution is -0.136. The first-order chi connectivity index (χ1) is 12.5. The maximum Gasteiger partial charge on any atom is 0.262 e. The molecule has 0 aromatic heterocycles. The van der Waals surface area contributed by atoms with Crippen molar-refractivity contribution in [3.63, 3.8) is 0 Å². The second-order valence-corrected chi connectivity index (χ2v) is 7.53.